The van der Waals surface area contributed by atoms with Crippen LogP contribution < -0.4 is 4.72 Å². The monoisotopic (exact) mass is 352 g/mol. The number of nitrogens with zero attached hydrogens (tertiary/aromatic N) is 1. The molecule has 0 aliphatic carbocycles. The molecule has 1 aromatic heterocycles. The average molecular weight is 353 g/mol. The molecule has 0 unspecified atom stereocenters. The van der Waals surface area contributed by atoms with Gasteiger partial charge in [-0.1, -0.05) is 29.3 Å². The molecule has 0 fully saturated rings. The van der Waals surface area contributed by atoms with Crippen LogP contribution in [0.15, 0.2) is 34.5 Å². The van der Waals surface area contributed by atoms with E-state index in [-0.39, 0.29) is 14.2 Å². The predicted octanol–water partition coefficient (Wildman–Crippen LogP) is 3.76. The minimum Gasteiger partial charge on any atom is -0.279 e. The Labute approximate surface area is 128 Å². The molecule has 0 aliphatic rings. The number of hydrogen-bond donors (Lipinski definition) is 1. The first kappa shape index (κ1) is 15.0. The van der Waals surface area contributed by atoms with Crippen LogP contribution in [0.4, 0.5) is 11.4 Å². The van der Waals surface area contributed by atoms with Crippen molar-refractivity contribution < 1.29 is 13.3 Å². The minimum atomic E-state index is -3.94. The summed E-state index contributed by atoms with van der Waals surface area (Å²) < 4.78 is 26.0. The predicted molar refractivity (Wildman–Crippen MR) is 78.2 cm³/mol. The molecule has 2 aromatic rings. The molecule has 1 heterocycles. The van der Waals surface area contributed by atoms with Crippen LogP contribution in [-0.4, -0.2) is 13.3 Å². The summed E-state index contributed by atoms with van der Waals surface area (Å²) in [5.41, 5.74) is -0.187. The van der Waals surface area contributed by atoms with Gasteiger partial charge in [-0.05, 0) is 18.2 Å². The topological polar surface area (TPSA) is 89.3 Å². The van der Waals surface area contributed by atoms with E-state index in [0.717, 1.165) is 6.07 Å². The van der Waals surface area contributed by atoms with E-state index < -0.39 is 20.6 Å². The Bertz CT molecular complexity index is 773. The summed E-state index contributed by atoms with van der Waals surface area (Å²) in [7, 11) is -3.94. The Morgan fingerprint density at radius 3 is 2.50 bits per heavy atom. The third-order valence-electron chi connectivity index (χ3n) is 2.18. The zero-order valence-corrected chi connectivity index (χ0v) is 12.7. The number of rotatable bonds is 4. The van der Waals surface area contributed by atoms with Gasteiger partial charge in [-0.25, -0.2) is 8.42 Å². The molecular weight excluding hydrogens is 347 g/mol. The Kier molecular flexibility index (Phi) is 4.19. The maximum Gasteiger partial charge on any atom is 0.300 e. The van der Waals surface area contributed by atoms with Crippen molar-refractivity contribution in [3.63, 3.8) is 0 Å². The zero-order chi connectivity index (χ0) is 14.9. The molecule has 6 nitrogen and oxygen atoms in total. The van der Waals surface area contributed by atoms with Crippen molar-refractivity contribution in [2.75, 3.05) is 4.72 Å². The second-order valence-electron chi connectivity index (χ2n) is 3.60. The third-order valence-corrected chi connectivity index (χ3v) is 5.61. The summed E-state index contributed by atoms with van der Waals surface area (Å²) in [6.45, 7) is 0. The van der Waals surface area contributed by atoms with Gasteiger partial charge in [0, 0.05) is 11.1 Å². The van der Waals surface area contributed by atoms with Crippen LogP contribution in [0.2, 0.25) is 9.36 Å². The van der Waals surface area contributed by atoms with Gasteiger partial charge in [-0.15, -0.1) is 11.3 Å². The molecular formula is C10H6Cl2N2O4S2. The Morgan fingerprint density at radius 2 is 1.95 bits per heavy atom. The second-order valence-corrected chi connectivity index (χ2v) is 7.60. The number of hydrogen-bond acceptors (Lipinski definition) is 5. The Hall–Kier alpha value is -1.35. The van der Waals surface area contributed by atoms with Crippen LogP contribution in [0.25, 0.3) is 0 Å². The van der Waals surface area contributed by atoms with Crippen molar-refractivity contribution in [1.82, 2.24) is 0 Å². The van der Waals surface area contributed by atoms with Gasteiger partial charge in [0.2, 0.25) is 0 Å². The normalized spacial score (nSPS) is 11.3. The maximum atomic E-state index is 12.1. The lowest BCUT2D eigenvalue weighted by Crippen LogP contribution is -2.11. The fraction of sp³-hybridized carbons (Fsp3) is 0. The first-order chi connectivity index (χ1) is 9.29. The molecule has 1 aromatic carbocycles. The van der Waals surface area contributed by atoms with Gasteiger partial charge in [0.1, 0.15) is 4.21 Å². The Morgan fingerprint density at radius 1 is 1.25 bits per heavy atom. The van der Waals surface area contributed by atoms with E-state index in [2.05, 4.69) is 4.72 Å². The van der Waals surface area contributed by atoms with Crippen LogP contribution in [0.1, 0.15) is 0 Å². The van der Waals surface area contributed by atoms with Crippen LogP contribution in [-0.2, 0) is 10.0 Å². The highest BCUT2D eigenvalue weighted by Gasteiger charge is 2.25. The molecule has 0 atom stereocenters. The third kappa shape index (κ3) is 3.21. The van der Waals surface area contributed by atoms with Gasteiger partial charge in [0.05, 0.1) is 10.6 Å². The lowest BCUT2D eigenvalue weighted by atomic mass is 10.3. The molecule has 0 radical (unpaired) electrons. The lowest BCUT2D eigenvalue weighted by Gasteiger charge is -2.05. The number of halogens is 2. The van der Waals surface area contributed by atoms with Gasteiger partial charge < -0.3 is 0 Å². The number of benzene rings is 1. The molecule has 0 aliphatic heterocycles. The summed E-state index contributed by atoms with van der Waals surface area (Å²) in [5.74, 6) is 0. The largest absolute Gasteiger partial charge is 0.300 e. The highest BCUT2D eigenvalue weighted by Crippen LogP contribution is 2.36. The SMILES string of the molecule is O=[N+]([O-])c1cc(S(=O)(=O)Nc2cccc(Cl)c2)sc1Cl. The molecule has 2 rings (SSSR count). The van der Waals surface area contributed by atoms with Crippen molar-refractivity contribution in [3.05, 3.63) is 49.8 Å². The molecule has 106 valence electrons. The maximum absolute atomic E-state index is 12.1. The van der Waals surface area contributed by atoms with Crippen molar-refractivity contribution in [2.24, 2.45) is 0 Å². The molecule has 1 N–H and O–H groups in total. The van der Waals surface area contributed by atoms with E-state index in [1.165, 1.54) is 12.1 Å². The molecule has 0 amide bonds. The number of nitrogens with one attached hydrogen (secondary N) is 1. The summed E-state index contributed by atoms with van der Waals surface area (Å²) in [6.07, 6.45) is 0. The number of nitro groups is 1. The zero-order valence-electron chi connectivity index (χ0n) is 9.54. The van der Waals surface area contributed by atoms with Gasteiger partial charge in [-0.3, -0.25) is 14.8 Å². The number of anilines is 1. The summed E-state index contributed by atoms with van der Waals surface area (Å²) in [6, 6.07) is 7.01. The summed E-state index contributed by atoms with van der Waals surface area (Å²) in [4.78, 5) is 9.92. The van der Waals surface area contributed by atoms with E-state index in [1.807, 2.05) is 0 Å². The lowest BCUT2D eigenvalue weighted by molar-refractivity contribution is -0.384. The van der Waals surface area contributed by atoms with E-state index in [0.29, 0.717) is 16.4 Å². The second kappa shape index (κ2) is 5.57. The highest BCUT2D eigenvalue weighted by molar-refractivity contribution is 7.94. The number of thiophene rings is 1. The first-order valence-corrected chi connectivity index (χ1v) is 8.07. The van der Waals surface area contributed by atoms with Crippen LogP contribution in [0.5, 0.6) is 0 Å². The summed E-state index contributed by atoms with van der Waals surface area (Å²) >= 11 is 12.0. The smallest absolute Gasteiger partial charge is 0.279 e. The van der Waals surface area contributed by atoms with Crippen LogP contribution in [0, 0.1) is 10.1 Å². The van der Waals surface area contributed by atoms with Crippen molar-refractivity contribution >= 4 is 55.9 Å². The van der Waals surface area contributed by atoms with Gasteiger partial charge in [0.15, 0.2) is 4.34 Å². The van der Waals surface area contributed by atoms with E-state index >= 15 is 0 Å². The average Bonchev–Trinajstić information content (AvgIpc) is 2.71. The fourth-order valence-corrected chi connectivity index (χ4v) is 4.26. The van der Waals surface area contributed by atoms with Crippen molar-refractivity contribution in [3.8, 4) is 0 Å². The molecule has 0 saturated carbocycles. The molecule has 0 saturated heterocycles. The van der Waals surface area contributed by atoms with Gasteiger partial charge in [-0.2, -0.15) is 0 Å². The van der Waals surface area contributed by atoms with Crippen LogP contribution in [0.3, 0.4) is 0 Å². The molecule has 0 bridgehead atoms. The van der Waals surface area contributed by atoms with Gasteiger partial charge in [0.25, 0.3) is 15.7 Å². The van der Waals surface area contributed by atoms with E-state index in [4.69, 9.17) is 23.2 Å². The first-order valence-electron chi connectivity index (χ1n) is 5.02. The molecule has 10 heteroatoms. The minimum absolute atomic E-state index is 0.193. The number of sulfonamides is 1. The standard InChI is InChI=1S/C10H6Cl2N2O4S2/c11-6-2-1-3-7(4-6)13-20(17,18)9-5-8(14(15)16)10(12)19-9/h1-5,13H. The summed E-state index contributed by atoms with van der Waals surface area (Å²) in [5, 5.41) is 11.0. The van der Waals surface area contributed by atoms with E-state index in [9.17, 15) is 18.5 Å². The fourth-order valence-electron chi connectivity index (χ4n) is 1.35. The quantitative estimate of drug-likeness (QED) is 0.669. The van der Waals surface area contributed by atoms with Gasteiger partial charge >= 0.3 is 0 Å². The Balaban J connectivity index is 2.36. The van der Waals surface area contributed by atoms with E-state index in [1.54, 1.807) is 12.1 Å². The molecule has 20 heavy (non-hydrogen) atoms. The highest BCUT2D eigenvalue weighted by atomic mass is 35.5. The van der Waals surface area contributed by atoms with Crippen LogP contribution >= 0.6 is 34.5 Å². The van der Waals surface area contributed by atoms with Crippen molar-refractivity contribution in [2.45, 2.75) is 4.21 Å². The molecule has 0 spiro atoms. The van der Waals surface area contributed by atoms with Crippen molar-refractivity contribution in [1.29, 1.82) is 0 Å².